The maximum atomic E-state index is 13.5. The van der Waals surface area contributed by atoms with E-state index in [-0.39, 0.29) is 28.2 Å². The molecule has 0 aliphatic heterocycles. The highest BCUT2D eigenvalue weighted by Gasteiger charge is 2.34. The third-order valence-electron chi connectivity index (χ3n) is 3.13. The molecule has 0 saturated heterocycles. The van der Waals surface area contributed by atoms with E-state index in [4.69, 9.17) is 10.2 Å². The molecule has 9 heteroatoms. The highest BCUT2D eigenvalue weighted by molar-refractivity contribution is 5.98. The minimum Gasteiger partial charge on any atom is -0.434 e. The van der Waals surface area contributed by atoms with Crippen molar-refractivity contribution < 1.29 is 26.4 Å². The van der Waals surface area contributed by atoms with Gasteiger partial charge in [0.2, 0.25) is 5.88 Å². The number of rotatable bonds is 2. The third-order valence-corrected chi connectivity index (χ3v) is 3.13. The Morgan fingerprint density at radius 1 is 1.13 bits per heavy atom. The van der Waals surface area contributed by atoms with Gasteiger partial charge in [-0.05, 0) is 24.3 Å². The molecule has 0 spiro atoms. The van der Waals surface area contributed by atoms with Crippen LogP contribution in [-0.2, 0) is 6.18 Å². The number of hydrogen-bond donors (Lipinski definition) is 2. The normalized spacial score (nSPS) is 11.9. The van der Waals surface area contributed by atoms with E-state index in [9.17, 15) is 22.0 Å². The van der Waals surface area contributed by atoms with Crippen LogP contribution in [0.2, 0.25) is 0 Å². The van der Waals surface area contributed by atoms with Crippen LogP contribution in [0.3, 0.4) is 0 Å². The predicted octanol–water partition coefficient (Wildman–Crippen LogP) is 4.45. The molecule has 0 radical (unpaired) electrons. The fourth-order valence-corrected chi connectivity index (χ4v) is 2.10. The number of aromatic nitrogens is 1. The average molecular weight is 329 g/mol. The van der Waals surface area contributed by atoms with Gasteiger partial charge in [0, 0.05) is 11.9 Å². The van der Waals surface area contributed by atoms with Gasteiger partial charge in [0.1, 0.15) is 11.5 Å². The second-order valence-corrected chi connectivity index (χ2v) is 4.64. The standard InChI is InChI=1S/C14H8F5N3O/c15-9-2-1-6(5-8(9)14(17,18)19)22-10-7-3-4-21-12(16)11(7)23-13(10)20/h1-5,22H,20H2. The number of nitrogens with one attached hydrogen (secondary N) is 1. The minimum atomic E-state index is -4.85. The van der Waals surface area contributed by atoms with Gasteiger partial charge in [-0.1, -0.05) is 0 Å². The van der Waals surface area contributed by atoms with Crippen LogP contribution in [0.25, 0.3) is 11.0 Å². The third kappa shape index (κ3) is 2.65. The van der Waals surface area contributed by atoms with E-state index in [2.05, 4.69) is 10.3 Å². The first-order valence-corrected chi connectivity index (χ1v) is 6.23. The first kappa shape index (κ1) is 15.1. The molecule has 120 valence electrons. The number of fused-ring (bicyclic) bond motifs is 1. The number of benzene rings is 1. The zero-order chi connectivity index (χ0) is 16.8. The molecular weight excluding hydrogens is 321 g/mol. The molecule has 0 unspecified atom stereocenters. The van der Waals surface area contributed by atoms with Crippen molar-refractivity contribution in [2.75, 3.05) is 11.1 Å². The number of anilines is 3. The monoisotopic (exact) mass is 329 g/mol. The summed E-state index contributed by atoms with van der Waals surface area (Å²) in [5.74, 6) is -2.54. The Kier molecular flexibility index (Phi) is 3.35. The van der Waals surface area contributed by atoms with E-state index in [1.165, 1.54) is 6.07 Å². The number of pyridine rings is 1. The molecule has 2 heterocycles. The largest absolute Gasteiger partial charge is 0.434 e. The Labute approximate surface area is 125 Å². The van der Waals surface area contributed by atoms with Crippen molar-refractivity contribution in [3.63, 3.8) is 0 Å². The Balaban J connectivity index is 2.07. The number of alkyl halides is 3. The van der Waals surface area contributed by atoms with Crippen LogP contribution in [0.15, 0.2) is 34.9 Å². The topological polar surface area (TPSA) is 64.1 Å². The fourth-order valence-electron chi connectivity index (χ4n) is 2.10. The molecule has 0 fully saturated rings. The molecule has 23 heavy (non-hydrogen) atoms. The van der Waals surface area contributed by atoms with E-state index in [1.807, 2.05) is 0 Å². The zero-order valence-corrected chi connectivity index (χ0v) is 11.2. The number of hydrogen-bond acceptors (Lipinski definition) is 4. The van der Waals surface area contributed by atoms with Crippen molar-refractivity contribution in [2.45, 2.75) is 6.18 Å². The van der Waals surface area contributed by atoms with Crippen LogP contribution in [0, 0.1) is 11.8 Å². The molecule has 2 aromatic heterocycles. The highest BCUT2D eigenvalue weighted by Crippen LogP contribution is 2.38. The van der Waals surface area contributed by atoms with Gasteiger partial charge in [-0.2, -0.15) is 17.6 Å². The lowest BCUT2D eigenvalue weighted by molar-refractivity contribution is -0.139. The molecule has 3 aromatic rings. The summed E-state index contributed by atoms with van der Waals surface area (Å²) in [5.41, 5.74) is 3.94. The molecule has 0 bridgehead atoms. The number of nitrogens with two attached hydrogens (primary N) is 1. The van der Waals surface area contributed by atoms with Crippen LogP contribution in [0.1, 0.15) is 5.56 Å². The summed E-state index contributed by atoms with van der Waals surface area (Å²) in [4.78, 5) is 3.38. The maximum absolute atomic E-state index is 13.5. The van der Waals surface area contributed by atoms with E-state index >= 15 is 0 Å². The SMILES string of the molecule is Nc1oc2c(F)nccc2c1Nc1ccc(F)c(C(F)(F)F)c1. The number of furan rings is 1. The molecule has 0 amide bonds. The number of nitrogen functional groups attached to an aromatic ring is 1. The molecule has 3 N–H and O–H groups in total. The van der Waals surface area contributed by atoms with Gasteiger partial charge < -0.3 is 15.5 Å². The molecular formula is C14H8F5N3O. The quantitative estimate of drug-likeness (QED) is 0.538. The second-order valence-electron chi connectivity index (χ2n) is 4.64. The maximum Gasteiger partial charge on any atom is 0.419 e. The first-order valence-electron chi connectivity index (χ1n) is 6.23. The van der Waals surface area contributed by atoms with Crippen LogP contribution < -0.4 is 11.1 Å². The lowest BCUT2D eigenvalue weighted by Gasteiger charge is -2.11. The Hall–Kier alpha value is -2.84. The van der Waals surface area contributed by atoms with E-state index in [0.717, 1.165) is 12.3 Å². The van der Waals surface area contributed by atoms with Crippen LogP contribution in [0.4, 0.5) is 39.2 Å². The Morgan fingerprint density at radius 2 is 1.87 bits per heavy atom. The fraction of sp³-hybridized carbons (Fsp3) is 0.0714. The summed E-state index contributed by atoms with van der Waals surface area (Å²) in [6.07, 6.45) is -3.69. The van der Waals surface area contributed by atoms with Crippen LogP contribution in [0.5, 0.6) is 0 Å². The van der Waals surface area contributed by atoms with Crippen molar-refractivity contribution in [1.82, 2.24) is 4.98 Å². The van der Waals surface area contributed by atoms with E-state index in [0.29, 0.717) is 12.1 Å². The first-order chi connectivity index (χ1) is 10.8. The van der Waals surface area contributed by atoms with Crippen LogP contribution >= 0.6 is 0 Å². The molecule has 0 aliphatic carbocycles. The molecule has 1 aromatic carbocycles. The molecule has 3 rings (SSSR count). The molecule has 0 saturated carbocycles. The van der Waals surface area contributed by atoms with Gasteiger partial charge >= 0.3 is 6.18 Å². The minimum absolute atomic E-state index is 0.0704. The van der Waals surface area contributed by atoms with Crippen molar-refractivity contribution in [3.8, 4) is 0 Å². The predicted molar refractivity (Wildman–Crippen MR) is 73.1 cm³/mol. The van der Waals surface area contributed by atoms with Gasteiger partial charge in [-0.25, -0.2) is 9.37 Å². The lowest BCUT2D eigenvalue weighted by atomic mass is 10.1. The second kappa shape index (κ2) is 5.11. The molecule has 0 aliphatic rings. The summed E-state index contributed by atoms with van der Waals surface area (Å²) in [7, 11) is 0. The Morgan fingerprint density at radius 3 is 2.57 bits per heavy atom. The Bertz CT molecular complexity index is 888. The molecule has 0 atom stereocenters. The number of halogens is 5. The number of nitrogens with zero attached hydrogens (tertiary/aromatic N) is 1. The van der Waals surface area contributed by atoms with Crippen molar-refractivity contribution >= 4 is 28.2 Å². The van der Waals surface area contributed by atoms with E-state index < -0.39 is 23.5 Å². The summed E-state index contributed by atoms with van der Waals surface area (Å²) in [5, 5.41) is 2.78. The van der Waals surface area contributed by atoms with Crippen molar-refractivity contribution in [3.05, 3.63) is 47.8 Å². The van der Waals surface area contributed by atoms with Crippen molar-refractivity contribution in [1.29, 1.82) is 0 Å². The van der Waals surface area contributed by atoms with Gasteiger partial charge in [0.25, 0.3) is 5.95 Å². The summed E-state index contributed by atoms with van der Waals surface area (Å²) in [6.45, 7) is 0. The smallest absolute Gasteiger partial charge is 0.419 e. The summed E-state index contributed by atoms with van der Waals surface area (Å²) in [6, 6.07) is 3.74. The molecule has 4 nitrogen and oxygen atoms in total. The van der Waals surface area contributed by atoms with Crippen LogP contribution in [-0.4, -0.2) is 4.98 Å². The average Bonchev–Trinajstić information content (AvgIpc) is 2.78. The van der Waals surface area contributed by atoms with Crippen molar-refractivity contribution in [2.24, 2.45) is 0 Å². The summed E-state index contributed by atoms with van der Waals surface area (Å²) < 4.78 is 70.0. The van der Waals surface area contributed by atoms with Gasteiger partial charge in [0.15, 0.2) is 5.58 Å². The lowest BCUT2D eigenvalue weighted by Crippen LogP contribution is -2.08. The van der Waals surface area contributed by atoms with E-state index in [1.54, 1.807) is 0 Å². The highest BCUT2D eigenvalue weighted by atomic mass is 19.4. The summed E-state index contributed by atoms with van der Waals surface area (Å²) >= 11 is 0. The van der Waals surface area contributed by atoms with Gasteiger partial charge in [0.05, 0.1) is 10.9 Å². The van der Waals surface area contributed by atoms with Gasteiger partial charge in [-0.15, -0.1) is 0 Å². The zero-order valence-electron chi connectivity index (χ0n) is 11.2. The van der Waals surface area contributed by atoms with Gasteiger partial charge in [-0.3, -0.25) is 0 Å².